The maximum atomic E-state index is 12.5. The normalized spacial score (nSPS) is 19.3. The molecule has 1 heterocycles. The number of aryl methyl sites for hydroxylation is 1. The summed E-state index contributed by atoms with van der Waals surface area (Å²) >= 11 is 3.46. The lowest BCUT2D eigenvalue weighted by Gasteiger charge is -2.28. The molecule has 4 heteroatoms. The minimum atomic E-state index is 0.109. The summed E-state index contributed by atoms with van der Waals surface area (Å²) in [5, 5.41) is 0. The smallest absolute Gasteiger partial charge is 0.253 e. The van der Waals surface area contributed by atoms with Gasteiger partial charge in [-0.1, -0.05) is 22.9 Å². The molecule has 20 heavy (non-hydrogen) atoms. The zero-order valence-electron chi connectivity index (χ0n) is 12.5. The fraction of sp³-hybridized carbons (Fsp3) is 0.562. The fourth-order valence-corrected chi connectivity index (χ4v) is 3.61. The molecule has 0 radical (unpaired) electrons. The Kier molecular flexibility index (Phi) is 5.22. The Hall–Kier alpha value is -0.870. The Bertz CT molecular complexity index is 469. The first-order chi connectivity index (χ1) is 9.51. The molecule has 1 aliphatic rings. The number of likely N-dealkylation sites (N-methyl/N-ethyl adjacent to an activating group) is 2. The molecule has 1 aromatic carbocycles. The van der Waals surface area contributed by atoms with Crippen LogP contribution in [0.25, 0.3) is 0 Å². The van der Waals surface area contributed by atoms with Gasteiger partial charge in [0.2, 0.25) is 0 Å². The molecule has 1 aliphatic heterocycles. The van der Waals surface area contributed by atoms with Gasteiger partial charge in [-0.05, 0) is 56.6 Å². The number of likely N-dealkylation sites (tertiary alicyclic amines) is 1. The van der Waals surface area contributed by atoms with Gasteiger partial charge in [-0.2, -0.15) is 0 Å². The predicted octanol–water partition coefficient (Wildman–Crippen LogP) is 3.31. The van der Waals surface area contributed by atoms with Crippen LogP contribution in [0, 0.1) is 6.92 Å². The van der Waals surface area contributed by atoms with Crippen LogP contribution in [0.2, 0.25) is 0 Å². The maximum Gasteiger partial charge on any atom is 0.253 e. The van der Waals surface area contributed by atoms with Crippen molar-refractivity contribution >= 4 is 21.8 Å². The molecule has 0 saturated carbocycles. The molecule has 0 N–H and O–H groups in total. The highest BCUT2D eigenvalue weighted by atomic mass is 79.9. The van der Waals surface area contributed by atoms with Crippen molar-refractivity contribution in [1.29, 1.82) is 0 Å². The number of hydrogen-bond acceptors (Lipinski definition) is 2. The van der Waals surface area contributed by atoms with Gasteiger partial charge < -0.3 is 4.90 Å². The topological polar surface area (TPSA) is 23.6 Å². The monoisotopic (exact) mass is 338 g/mol. The molecule has 2 rings (SSSR count). The number of amides is 1. The minimum Gasteiger partial charge on any atom is -0.340 e. The minimum absolute atomic E-state index is 0.109. The second kappa shape index (κ2) is 6.72. The van der Waals surface area contributed by atoms with E-state index in [2.05, 4.69) is 27.8 Å². The highest BCUT2D eigenvalue weighted by Crippen LogP contribution is 2.20. The number of hydrogen-bond donors (Lipinski definition) is 0. The molecule has 1 atom stereocenters. The summed E-state index contributed by atoms with van der Waals surface area (Å²) in [6.07, 6.45) is 2.44. The van der Waals surface area contributed by atoms with Crippen LogP contribution < -0.4 is 0 Å². The molecule has 3 nitrogen and oxygen atoms in total. The van der Waals surface area contributed by atoms with E-state index >= 15 is 0 Å². The highest BCUT2D eigenvalue weighted by molar-refractivity contribution is 9.10. The Labute approximate surface area is 130 Å². The van der Waals surface area contributed by atoms with Crippen molar-refractivity contribution in [3.8, 4) is 0 Å². The van der Waals surface area contributed by atoms with Crippen molar-refractivity contribution < 1.29 is 4.79 Å². The number of carbonyl (C=O) groups excluding carboxylic acids is 1. The van der Waals surface area contributed by atoms with E-state index in [0.29, 0.717) is 6.04 Å². The van der Waals surface area contributed by atoms with E-state index in [1.54, 1.807) is 0 Å². The zero-order valence-corrected chi connectivity index (χ0v) is 14.1. The van der Waals surface area contributed by atoms with E-state index in [-0.39, 0.29) is 5.91 Å². The quantitative estimate of drug-likeness (QED) is 0.840. The van der Waals surface area contributed by atoms with Crippen molar-refractivity contribution in [1.82, 2.24) is 9.80 Å². The van der Waals surface area contributed by atoms with Gasteiger partial charge in [0.15, 0.2) is 0 Å². The molecule has 1 fully saturated rings. The first kappa shape index (κ1) is 15.5. The van der Waals surface area contributed by atoms with Crippen LogP contribution in [-0.4, -0.2) is 48.4 Å². The summed E-state index contributed by atoms with van der Waals surface area (Å²) in [7, 11) is 1.91. The zero-order chi connectivity index (χ0) is 14.7. The summed E-state index contributed by atoms with van der Waals surface area (Å²) in [6.45, 7) is 7.26. The molecule has 0 aliphatic carbocycles. The van der Waals surface area contributed by atoms with Gasteiger partial charge in [0, 0.05) is 29.7 Å². The molecular weight excluding hydrogens is 316 g/mol. The van der Waals surface area contributed by atoms with E-state index in [1.165, 1.54) is 19.4 Å². The highest BCUT2D eigenvalue weighted by Gasteiger charge is 2.25. The number of halogens is 1. The average molecular weight is 339 g/mol. The molecule has 0 bridgehead atoms. The van der Waals surface area contributed by atoms with E-state index in [9.17, 15) is 4.79 Å². The Morgan fingerprint density at radius 3 is 2.85 bits per heavy atom. The number of benzene rings is 1. The van der Waals surface area contributed by atoms with Crippen molar-refractivity contribution in [3.05, 3.63) is 33.8 Å². The Morgan fingerprint density at radius 2 is 2.20 bits per heavy atom. The van der Waals surface area contributed by atoms with Crippen molar-refractivity contribution in [2.75, 3.05) is 26.7 Å². The van der Waals surface area contributed by atoms with Crippen LogP contribution in [0.5, 0.6) is 0 Å². The van der Waals surface area contributed by atoms with Crippen molar-refractivity contribution in [3.63, 3.8) is 0 Å². The predicted molar refractivity (Wildman–Crippen MR) is 86.1 cm³/mol. The van der Waals surface area contributed by atoms with Gasteiger partial charge >= 0.3 is 0 Å². The van der Waals surface area contributed by atoms with Crippen LogP contribution in [0.3, 0.4) is 0 Å². The second-order valence-corrected chi connectivity index (χ2v) is 6.54. The first-order valence-electron chi connectivity index (χ1n) is 7.28. The lowest BCUT2D eigenvalue weighted by molar-refractivity contribution is 0.0754. The van der Waals surface area contributed by atoms with Gasteiger partial charge in [-0.25, -0.2) is 0 Å². The third-order valence-corrected chi connectivity index (χ3v) is 4.48. The summed E-state index contributed by atoms with van der Waals surface area (Å²) in [6, 6.07) is 6.39. The van der Waals surface area contributed by atoms with Gasteiger partial charge in [0.25, 0.3) is 5.91 Å². The number of rotatable bonds is 4. The van der Waals surface area contributed by atoms with Crippen molar-refractivity contribution in [2.24, 2.45) is 0 Å². The Balaban J connectivity index is 2.04. The summed E-state index contributed by atoms with van der Waals surface area (Å²) in [5.41, 5.74) is 1.87. The van der Waals surface area contributed by atoms with Crippen LogP contribution in [0.15, 0.2) is 22.7 Å². The average Bonchev–Trinajstić information content (AvgIpc) is 2.83. The molecule has 110 valence electrons. The first-order valence-corrected chi connectivity index (χ1v) is 8.07. The standard InChI is InChI=1S/C16H23BrN2O/c1-4-19-7-5-6-15(19)11-18(3)16(20)13-8-12(2)9-14(17)10-13/h8-10,15H,4-7,11H2,1-3H3. The molecule has 1 amide bonds. The van der Waals surface area contributed by atoms with E-state index in [1.807, 2.05) is 37.1 Å². The van der Waals surface area contributed by atoms with Crippen LogP contribution in [-0.2, 0) is 0 Å². The van der Waals surface area contributed by atoms with Crippen LogP contribution in [0.4, 0.5) is 0 Å². The van der Waals surface area contributed by atoms with Crippen molar-refractivity contribution in [2.45, 2.75) is 32.7 Å². The molecule has 0 aromatic heterocycles. The van der Waals surface area contributed by atoms with Gasteiger partial charge in [0.1, 0.15) is 0 Å². The third-order valence-electron chi connectivity index (χ3n) is 4.03. The van der Waals surface area contributed by atoms with Gasteiger partial charge in [-0.3, -0.25) is 9.69 Å². The van der Waals surface area contributed by atoms with Crippen LogP contribution >= 0.6 is 15.9 Å². The molecule has 1 aromatic rings. The lowest BCUT2D eigenvalue weighted by Crippen LogP contribution is -2.41. The SMILES string of the molecule is CCN1CCCC1CN(C)C(=O)c1cc(C)cc(Br)c1. The summed E-state index contributed by atoms with van der Waals surface area (Å²) in [4.78, 5) is 16.8. The van der Waals surface area contributed by atoms with Gasteiger partial charge in [0.05, 0.1) is 0 Å². The lowest BCUT2D eigenvalue weighted by atomic mass is 10.1. The van der Waals surface area contributed by atoms with E-state index < -0.39 is 0 Å². The largest absolute Gasteiger partial charge is 0.340 e. The van der Waals surface area contributed by atoms with E-state index in [4.69, 9.17) is 0 Å². The molecule has 1 unspecified atom stereocenters. The number of nitrogens with zero attached hydrogens (tertiary/aromatic N) is 2. The fourth-order valence-electron chi connectivity index (χ4n) is 3.00. The van der Waals surface area contributed by atoms with E-state index in [0.717, 1.165) is 28.7 Å². The molecular formula is C16H23BrN2O. The molecule has 0 spiro atoms. The molecule has 1 saturated heterocycles. The second-order valence-electron chi connectivity index (χ2n) is 5.63. The summed E-state index contributed by atoms with van der Waals surface area (Å²) in [5.74, 6) is 0.109. The third kappa shape index (κ3) is 3.61. The van der Waals surface area contributed by atoms with Crippen LogP contribution in [0.1, 0.15) is 35.7 Å². The Morgan fingerprint density at radius 1 is 1.45 bits per heavy atom. The van der Waals surface area contributed by atoms with Gasteiger partial charge in [-0.15, -0.1) is 0 Å². The number of carbonyl (C=O) groups is 1. The maximum absolute atomic E-state index is 12.5. The summed E-state index contributed by atoms with van der Waals surface area (Å²) < 4.78 is 0.963.